The Morgan fingerprint density at radius 2 is 1.56 bits per heavy atom. The van der Waals surface area contributed by atoms with Gasteiger partial charge in [0.2, 0.25) is 0 Å². The summed E-state index contributed by atoms with van der Waals surface area (Å²) in [6, 6.07) is 4.21. The topological polar surface area (TPSA) is 0 Å². The molecule has 0 amide bonds. The summed E-state index contributed by atoms with van der Waals surface area (Å²) in [5.41, 5.74) is 0. The molecular formula is C4H6Cl2SSi2. The predicted molar refractivity (Wildman–Crippen MR) is 52.4 cm³/mol. The van der Waals surface area contributed by atoms with Gasteiger partial charge in [-0.25, -0.2) is 0 Å². The van der Waals surface area contributed by atoms with E-state index in [2.05, 4.69) is 12.1 Å². The summed E-state index contributed by atoms with van der Waals surface area (Å²) in [5.74, 6) is 0. The Morgan fingerprint density at radius 1 is 1.11 bits per heavy atom. The van der Waals surface area contributed by atoms with Crippen LogP contribution in [0.4, 0.5) is 0 Å². The molecule has 0 saturated carbocycles. The minimum Gasteiger partial charge on any atom is -0.169 e. The summed E-state index contributed by atoms with van der Waals surface area (Å²) in [5, 5.41) is 0. The van der Waals surface area contributed by atoms with Gasteiger partial charge in [-0.3, -0.25) is 0 Å². The van der Waals surface area contributed by atoms with E-state index in [0.29, 0.717) is 0 Å². The Labute approximate surface area is 72.2 Å². The first kappa shape index (κ1) is 7.82. The highest BCUT2D eigenvalue weighted by atomic mass is 35.6. The van der Waals surface area contributed by atoms with Crippen LogP contribution in [0.25, 0.3) is 0 Å². The minimum atomic E-state index is -0.443. The maximum Gasteiger partial charge on any atom is 0.168 e. The Kier molecular flexibility index (Phi) is 3.28. The molecule has 0 radical (unpaired) electrons. The third-order valence-electron chi connectivity index (χ3n) is 0.981. The van der Waals surface area contributed by atoms with Crippen molar-refractivity contribution in [2.24, 2.45) is 0 Å². The first-order valence-corrected chi connectivity index (χ1v) is 9.07. The number of halogens is 2. The van der Waals surface area contributed by atoms with Gasteiger partial charge >= 0.3 is 0 Å². The average molecular weight is 213 g/mol. The average Bonchev–Trinajstić information content (AvgIpc) is 2.34. The van der Waals surface area contributed by atoms with Gasteiger partial charge in [0, 0.05) is 9.00 Å². The quantitative estimate of drug-likeness (QED) is 0.465. The number of hydrogen-bond donors (Lipinski definition) is 0. The molecule has 0 fully saturated rings. The Balaban J connectivity index is 2.74. The van der Waals surface area contributed by atoms with E-state index >= 15 is 0 Å². The zero-order valence-electron chi connectivity index (χ0n) is 4.73. The van der Waals surface area contributed by atoms with Crippen molar-refractivity contribution in [3.05, 3.63) is 12.1 Å². The Bertz CT molecular complexity index is 170. The van der Waals surface area contributed by atoms with Crippen LogP contribution in [0.3, 0.4) is 0 Å². The van der Waals surface area contributed by atoms with Crippen molar-refractivity contribution in [2.45, 2.75) is 0 Å². The van der Waals surface area contributed by atoms with E-state index in [0.717, 1.165) is 0 Å². The maximum absolute atomic E-state index is 5.72. The van der Waals surface area contributed by atoms with Gasteiger partial charge in [-0.2, -0.15) is 33.5 Å². The third kappa shape index (κ3) is 2.09. The van der Waals surface area contributed by atoms with Gasteiger partial charge in [0.1, 0.15) is 0 Å². The number of rotatable bonds is 2. The zero-order valence-corrected chi connectivity index (χ0v) is 9.89. The normalized spacial score (nSPS) is 12.7. The second-order valence-corrected chi connectivity index (χ2v) is 7.57. The van der Waals surface area contributed by atoms with Crippen LogP contribution in [-0.2, 0) is 0 Å². The highest BCUT2D eigenvalue weighted by Crippen LogP contribution is 1.91. The smallest absolute Gasteiger partial charge is 0.168 e. The molecule has 0 aliphatic rings. The van der Waals surface area contributed by atoms with Crippen molar-refractivity contribution in [2.75, 3.05) is 0 Å². The van der Waals surface area contributed by atoms with Crippen molar-refractivity contribution >= 4 is 60.2 Å². The lowest BCUT2D eigenvalue weighted by Gasteiger charge is -1.80. The van der Waals surface area contributed by atoms with Crippen LogP contribution in [0.2, 0.25) is 0 Å². The van der Waals surface area contributed by atoms with Crippen LogP contribution in [-0.4, -0.2) is 17.7 Å². The highest BCUT2D eigenvalue weighted by molar-refractivity contribution is 7.35. The van der Waals surface area contributed by atoms with Crippen LogP contribution in [0, 0.1) is 0 Å². The molecule has 5 heteroatoms. The van der Waals surface area contributed by atoms with Gasteiger partial charge in [0.25, 0.3) is 0 Å². The minimum absolute atomic E-state index is 0.443. The Hall–Kier alpha value is 0.714. The Morgan fingerprint density at radius 3 is 1.78 bits per heavy atom. The molecule has 0 aliphatic heterocycles. The standard InChI is InChI=1S/C4H6Cl2SSi2/c5-8-3-1-2-4(7-3)9-6/h1-2H,8-9H2. The van der Waals surface area contributed by atoms with Crippen LogP contribution in [0.15, 0.2) is 12.1 Å². The van der Waals surface area contributed by atoms with Gasteiger partial charge in [-0.15, -0.1) is 0 Å². The molecule has 1 aromatic heterocycles. The number of thiophene rings is 1. The lowest BCUT2D eigenvalue weighted by atomic mass is 10.7. The van der Waals surface area contributed by atoms with E-state index in [4.69, 9.17) is 22.2 Å². The van der Waals surface area contributed by atoms with Crippen LogP contribution in [0.5, 0.6) is 0 Å². The van der Waals surface area contributed by atoms with Gasteiger partial charge in [-0.1, -0.05) is 12.1 Å². The van der Waals surface area contributed by atoms with Crippen molar-refractivity contribution in [3.8, 4) is 0 Å². The van der Waals surface area contributed by atoms with E-state index in [1.54, 1.807) is 11.3 Å². The van der Waals surface area contributed by atoms with Gasteiger partial charge < -0.3 is 0 Å². The summed E-state index contributed by atoms with van der Waals surface area (Å²) in [4.78, 5) is 0. The summed E-state index contributed by atoms with van der Waals surface area (Å²) in [6.07, 6.45) is 0. The summed E-state index contributed by atoms with van der Waals surface area (Å²) < 4.78 is 2.72. The molecule has 0 saturated heterocycles. The molecular weight excluding hydrogens is 207 g/mol. The van der Waals surface area contributed by atoms with E-state index in [-0.39, 0.29) is 0 Å². The number of hydrogen-bond acceptors (Lipinski definition) is 1. The van der Waals surface area contributed by atoms with Crippen molar-refractivity contribution in [3.63, 3.8) is 0 Å². The molecule has 0 unspecified atom stereocenters. The molecule has 9 heavy (non-hydrogen) atoms. The first-order chi connectivity index (χ1) is 4.36. The highest BCUT2D eigenvalue weighted by Gasteiger charge is 1.96. The molecule has 0 spiro atoms. The molecule has 1 heterocycles. The first-order valence-electron chi connectivity index (χ1n) is 2.56. The lowest BCUT2D eigenvalue weighted by molar-refractivity contribution is 2.12. The lowest BCUT2D eigenvalue weighted by Crippen LogP contribution is -2.04. The monoisotopic (exact) mass is 212 g/mol. The van der Waals surface area contributed by atoms with Gasteiger partial charge in [-0.05, 0) is 0 Å². The van der Waals surface area contributed by atoms with Crippen molar-refractivity contribution in [1.82, 2.24) is 0 Å². The van der Waals surface area contributed by atoms with Gasteiger partial charge in [0.05, 0.1) is 0 Å². The fourth-order valence-electron chi connectivity index (χ4n) is 0.566. The van der Waals surface area contributed by atoms with Crippen LogP contribution >= 0.6 is 33.5 Å². The van der Waals surface area contributed by atoms with E-state index < -0.39 is 17.7 Å². The molecule has 0 atom stereocenters. The van der Waals surface area contributed by atoms with Crippen molar-refractivity contribution in [1.29, 1.82) is 0 Å². The maximum atomic E-state index is 5.72. The fraction of sp³-hybridized carbons (Fsp3) is 0. The third-order valence-corrected chi connectivity index (χ3v) is 7.19. The summed E-state index contributed by atoms with van der Waals surface area (Å²) in [7, 11) is -0.886. The molecule has 0 bridgehead atoms. The molecule has 50 valence electrons. The molecule has 0 aromatic carbocycles. The van der Waals surface area contributed by atoms with Crippen LogP contribution < -0.4 is 9.00 Å². The zero-order chi connectivity index (χ0) is 6.69. The molecule has 1 rings (SSSR count). The molecule has 0 N–H and O–H groups in total. The molecule has 0 aliphatic carbocycles. The van der Waals surface area contributed by atoms with E-state index in [1.807, 2.05) is 0 Å². The van der Waals surface area contributed by atoms with Gasteiger partial charge in [0.15, 0.2) is 17.7 Å². The largest absolute Gasteiger partial charge is 0.169 e. The molecule has 1 aromatic rings. The molecule has 0 nitrogen and oxygen atoms in total. The van der Waals surface area contributed by atoms with E-state index in [1.165, 1.54) is 9.00 Å². The van der Waals surface area contributed by atoms with E-state index in [9.17, 15) is 0 Å². The SMILES string of the molecule is Cl[SiH2]c1ccc([SiH2]Cl)s1. The predicted octanol–water partition coefficient (Wildman–Crippen LogP) is -0.356. The van der Waals surface area contributed by atoms with Crippen LogP contribution in [0.1, 0.15) is 0 Å². The second kappa shape index (κ2) is 3.78. The fourth-order valence-corrected chi connectivity index (χ4v) is 5.27. The summed E-state index contributed by atoms with van der Waals surface area (Å²) >= 11 is 13.2. The summed E-state index contributed by atoms with van der Waals surface area (Å²) in [6.45, 7) is 0. The van der Waals surface area contributed by atoms with Crippen molar-refractivity contribution < 1.29 is 0 Å². The second-order valence-electron chi connectivity index (χ2n) is 1.64.